The monoisotopic (exact) mass is 565 g/mol. The number of hydrogen-bond donors (Lipinski definition) is 1. The molecule has 3 aromatic rings. The van der Waals surface area contributed by atoms with E-state index in [-0.39, 0.29) is 28.7 Å². The van der Waals surface area contributed by atoms with Gasteiger partial charge in [-0.15, -0.1) is 0 Å². The standard InChI is InChI=1S/C26H26Cl2FN3O4S/c1-30-26(34)24(14-18-6-4-3-5-7-18)31(16-19-8-10-20(29)11-9-19)25(33)17-32(37(2,35)36)21-12-13-22(27)23(28)15-21/h3-13,15,24H,14,16-17H2,1-2H3,(H,30,34). The van der Waals surface area contributed by atoms with Gasteiger partial charge in [0.1, 0.15) is 18.4 Å². The molecular weight excluding hydrogens is 540 g/mol. The molecule has 1 atom stereocenters. The Balaban J connectivity index is 2.03. The van der Waals surface area contributed by atoms with Gasteiger partial charge in [0, 0.05) is 20.0 Å². The molecule has 3 rings (SSSR count). The lowest BCUT2D eigenvalue weighted by atomic mass is 10.0. The summed E-state index contributed by atoms with van der Waals surface area (Å²) in [5, 5.41) is 2.94. The highest BCUT2D eigenvalue weighted by atomic mass is 35.5. The molecule has 0 aliphatic carbocycles. The van der Waals surface area contributed by atoms with Crippen molar-refractivity contribution in [1.29, 1.82) is 0 Å². The number of nitrogens with one attached hydrogen (secondary N) is 1. The fraction of sp³-hybridized carbons (Fsp3) is 0.231. The number of anilines is 1. The van der Waals surface area contributed by atoms with Crippen molar-refractivity contribution in [3.8, 4) is 0 Å². The highest BCUT2D eigenvalue weighted by molar-refractivity contribution is 7.92. The Morgan fingerprint density at radius 3 is 2.16 bits per heavy atom. The third-order valence-electron chi connectivity index (χ3n) is 5.65. The van der Waals surface area contributed by atoms with Gasteiger partial charge < -0.3 is 10.2 Å². The molecule has 11 heteroatoms. The van der Waals surface area contributed by atoms with Crippen LogP contribution in [-0.2, 0) is 32.6 Å². The minimum Gasteiger partial charge on any atom is -0.357 e. The number of rotatable bonds is 10. The fourth-order valence-electron chi connectivity index (χ4n) is 3.76. The zero-order valence-electron chi connectivity index (χ0n) is 20.2. The van der Waals surface area contributed by atoms with Gasteiger partial charge in [-0.25, -0.2) is 12.8 Å². The maximum absolute atomic E-state index is 13.8. The second-order valence-corrected chi connectivity index (χ2v) is 11.1. The number of likely N-dealkylation sites (N-methyl/N-ethyl adjacent to an activating group) is 1. The summed E-state index contributed by atoms with van der Waals surface area (Å²) in [6.07, 6.45) is 1.15. The molecule has 0 spiro atoms. The van der Waals surface area contributed by atoms with Gasteiger partial charge in [-0.3, -0.25) is 13.9 Å². The molecule has 196 valence electrons. The molecule has 0 radical (unpaired) electrons. The third kappa shape index (κ3) is 7.67. The summed E-state index contributed by atoms with van der Waals surface area (Å²) in [7, 11) is -2.47. The molecule has 3 aromatic carbocycles. The maximum atomic E-state index is 13.8. The summed E-state index contributed by atoms with van der Waals surface area (Å²) in [6.45, 7) is -0.650. The smallest absolute Gasteiger partial charge is 0.244 e. The van der Waals surface area contributed by atoms with Gasteiger partial charge in [0.2, 0.25) is 21.8 Å². The predicted molar refractivity (Wildman–Crippen MR) is 144 cm³/mol. The average Bonchev–Trinajstić information content (AvgIpc) is 2.87. The highest BCUT2D eigenvalue weighted by Gasteiger charge is 2.32. The van der Waals surface area contributed by atoms with Crippen molar-refractivity contribution in [2.45, 2.75) is 19.0 Å². The number of benzene rings is 3. The minimum atomic E-state index is -3.93. The van der Waals surface area contributed by atoms with Gasteiger partial charge in [0.15, 0.2) is 0 Å². The highest BCUT2D eigenvalue weighted by Crippen LogP contribution is 2.28. The van der Waals surface area contributed by atoms with Gasteiger partial charge in [0.25, 0.3) is 0 Å². The largest absolute Gasteiger partial charge is 0.357 e. The molecule has 1 N–H and O–H groups in total. The number of carbonyl (C=O) groups is 2. The average molecular weight is 566 g/mol. The molecule has 0 heterocycles. The Kier molecular flexibility index (Phi) is 9.53. The second kappa shape index (κ2) is 12.4. The van der Waals surface area contributed by atoms with E-state index in [2.05, 4.69) is 5.32 Å². The van der Waals surface area contributed by atoms with E-state index in [1.54, 1.807) is 0 Å². The quantitative estimate of drug-likeness (QED) is 0.397. The van der Waals surface area contributed by atoms with Crippen LogP contribution in [0.15, 0.2) is 72.8 Å². The summed E-state index contributed by atoms with van der Waals surface area (Å²) in [6, 6.07) is 17.9. The van der Waals surface area contributed by atoms with E-state index in [1.807, 2.05) is 30.3 Å². The third-order valence-corrected chi connectivity index (χ3v) is 7.53. The topological polar surface area (TPSA) is 86.8 Å². The van der Waals surface area contributed by atoms with Gasteiger partial charge in [-0.1, -0.05) is 65.7 Å². The molecule has 2 amide bonds. The first-order valence-corrected chi connectivity index (χ1v) is 13.8. The summed E-state index contributed by atoms with van der Waals surface area (Å²) in [5.74, 6) is -1.51. The Bertz CT molecular complexity index is 1360. The van der Waals surface area contributed by atoms with E-state index in [4.69, 9.17) is 23.2 Å². The van der Waals surface area contributed by atoms with Crippen LogP contribution in [0.2, 0.25) is 10.0 Å². The van der Waals surface area contributed by atoms with Crippen LogP contribution < -0.4 is 9.62 Å². The van der Waals surface area contributed by atoms with Crippen molar-refractivity contribution < 1.29 is 22.4 Å². The van der Waals surface area contributed by atoms with Crippen LogP contribution in [0.4, 0.5) is 10.1 Å². The van der Waals surface area contributed by atoms with Crippen molar-refractivity contribution in [2.75, 3.05) is 24.2 Å². The number of carbonyl (C=O) groups excluding carboxylic acids is 2. The van der Waals surface area contributed by atoms with E-state index < -0.39 is 40.2 Å². The first kappa shape index (κ1) is 28.4. The van der Waals surface area contributed by atoms with Gasteiger partial charge >= 0.3 is 0 Å². The lowest BCUT2D eigenvalue weighted by Gasteiger charge is -2.33. The Morgan fingerprint density at radius 1 is 0.946 bits per heavy atom. The molecule has 0 saturated heterocycles. The number of amides is 2. The van der Waals surface area contributed by atoms with Crippen molar-refractivity contribution >= 4 is 50.7 Å². The molecule has 0 aromatic heterocycles. The summed E-state index contributed by atoms with van der Waals surface area (Å²) in [4.78, 5) is 28.1. The van der Waals surface area contributed by atoms with Crippen molar-refractivity contribution in [3.63, 3.8) is 0 Å². The number of hydrogen-bond acceptors (Lipinski definition) is 4. The fourth-order valence-corrected chi connectivity index (χ4v) is 4.89. The van der Waals surface area contributed by atoms with Crippen LogP contribution in [0.5, 0.6) is 0 Å². The van der Waals surface area contributed by atoms with Crippen LogP contribution in [0.1, 0.15) is 11.1 Å². The maximum Gasteiger partial charge on any atom is 0.244 e. The van der Waals surface area contributed by atoms with E-state index >= 15 is 0 Å². The zero-order valence-corrected chi connectivity index (χ0v) is 22.5. The van der Waals surface area contributed by atoms with E-state index in [0.29, 0.717) is 5.56 Å². The molecule has 1 unspecified atom stereocenters. The SMILES string of the molecule is CNC(=O)C(Cc1ccccc1)N(Cc1ccc(F)cc1)C(=O)CN(c1ccc(Cl)c(Cl)c1)S(C)(=O)=O. The summed E-state index contributed by atoms with van der Waals surface area (Å²) < 4.78 is 39.8. The van der Waals surface area contributed by atoms with Crippen molar-refractivity contribution in [2.24, 2.45) is 0 Å². The van der Waals surface area contributed by atoms with Gasteiger partial charge in [0.05, 0.1) is 22.0 Å². The second-order valence-electron chi connectivity index (χ2n) is 8.34. The molecule has 0 saturated carbocycles. The van der Waals surface area contributed by atoms with Crippen LogP contribution >= 0.6 is 23.2 Å². The molecule has 0 fully saturated rings. The van der Waals surface area contributed by atoms with Crippen LogP contribution in [-0.4, -0.2) is 51.0 Å². The molecule has 37 heavy (non-hydrogen) atoms. The first-order chi connectivity index (χ1) is 17.5. The first-order valence-electron chi connectivity index (χ1n) is 11.2. The zero-order chi connectivity index (χ0) is 27.2. The summed E-state index contributed by atoms with van der Waals surface area (Å²) in [5.41, 5.74) is 1.51. The van der Waals surface area contributed by atoms with Crippen molar-refractivity contribution in [1.82, 2.24) is 10.2 Å². The number of halogens is 3. The van der Waals surface area contributed by atoms with Gasteiger partial charge in [-0.2, -0.15) is 0 Å². The predicted octanol–water partition coefficient (Wildman–Crippen LogP) is 4.28. The Hall–Kier alpha value is -3.14. The molecular formula is C26H26Cl2FN3O4S. The van der Waals surface area contributed by atoms with Crippen LogP contribution in [0.25, 0.3) is 0 Å². The van der Waals surface area contributed by atoms with E-state index in [0.717, 1.165) is 16.1 Å². The Labute approximate surface area is 225 Å². The van der Waals surface area contributed by atoms with Gasteiger partial charge in [-0.05, 0) is 41.5 Å². The number of nitrogens with zero attached hydrogens (tertiary/aromatic N) is 2. The minimum absolute atomic E-state index is 0.0526. The normalized spacial score (nSPS) is 12.0. The molecule has 7 nitrogen and oxygen atoms in total. The molecule has 0 aliphatic rings. The van der Waals surface area contributed by atoms with E-state index in [1.165, 1.54) is 54.4 Å². The van der Waals surface area contributed by atoms with Crippen LogP contribution in [0, 0.1) is 5.82 Å². The summed E-state index contributed by atoms with van der Waals surface area (Å²) >= 11 is 12.1. The Morgan fingerprint density at radius 2 is 1.59 bits per heavy atom. The lowest BCUT2D eigenvalue weighted by molar-refractivity contribution is -0.139. The van der Waals surface area contributed by atoms with Crippen LogP contribution in [0.3, 0.4) is 0 Å². The number of sulfonamides is 1. The lowest BCUT2D eigenvalue weighted by Crippen LogP contribution is -2.52. The van der Waals surface area contributed by atoms with Crippen molar-refractivity contribution in [3.05, 3.63) is 99.8 Å². The molecule has 0 bridgehead atoms. The molecule has 0 aliphatic heterocycles. The van der Waals surface area contributed by atoms with E-state index in [9.17, 15) is 22.4 Å².